The van der Waals surface area contributed by atoms with E-state index >= 15 is 0 Å². The highest BCUT2D eigenvalue weighted by atomic mass is 16.7. The maximum absolute atomic E-state index is 13.2. The number of carbonyl (C=O) groups is 2. The number of fused-ring (bicyclic) bond motifs is 3. The number of carbonyl (C=O) groups excluding carboxylic acids is 2. The molecule has 0 saturated carbocycles. The summed E-state index contributed by atoms with van der Waals surface area (Å²) in [5.41, 5.74) is 6.78. The van der Waals surface area contributed by atoms with Gasteiger partial charge in [0.1, 0.15) is 11.5 Å². The Hall–Kier alpha value is -2.78. The molecule has 8 nitrogen and oxygen atoms in total. The molecule has 32 heavy (non-hydrogen) atoms. The van der Waals surface area contributed by atoms with Crippen molar-refractivity contribution in [3.63, 3.8) is 0 Å². The summed E-state index contributed by atoms with van der Waals surface area (Å²) in [7, 11) is 0. The molecule has 0 amide bonds. The molecule has 168 valence electrons. The van der Waals surface area contributed by atoms with E-state index in [0.717, 1.165) is 0 Å². The molecular weight excluding hydrogens is 414 g/mol. The molecule has 0 unspecified atom stereocenters. The van der Waals surface area contributed by atoms with Crippen LogP contribution in [0.25, 0.3) is 0 Å². The SMILES string of the molecule is C[C@@H]1O[C@@H](O[C@@H]2CCCc3c(O)c4c(c(O)c32)C(=O)c2ccccc2C4=O)C[C@@H](N)[C@H]1O. The van der Waals surface area contributed by atoms with E-state index in [0.29, 0.717) is 30.4 Å². The van der Waals surface area contributed by atoms with Gasteiger partial charge in [-0.05, 0) is 26.2 Å². The molecule has 1 fully saturated rings. The van der Waals surface area contributed by atoms with Crippen molar-refractivity contribution in [3.8, 4) is 11.5 Å². The van der Waals surface area contributed by atoms with E-state index in [-0.39, 0.29) is 40.2 Å². The van der Waals surface area contributed by atoms with Crippen LogP contribution in [0.2, 0.25) is 0 Å². The van der Waals surface area contributed by atoms with Gasteiger partial charge in [0.25, 0.3) is 0 Å². The number of ketones is 2. The van der Waals surface area contributed by atoms with Crippen LogP contribution in [0.3, 0.4) is 0 Å². The van der Waals surface area contributed by atoms with Gasteiger partial charge in [0, 0.05) is 34.7 Å². The summed E-state index contributed by atoms with van der Waals surface area (Å²) >= 11 is 0. The third-order valence-electron chi connectivity index (χ3n) is 6.74. The number of rotatable bonds is 2. The van der Waals surface area contributed by atoms with E-state index in [1.807, 2.05) is 0 Å². The Morgan fingerprint density at radius 2 is 1.69 bits per heavy atom. The van der Waals surface area contributed by atoms with Crippen LogP contribution in [-0.2, 0) is 15.9 Å². The minimum Gasteiger partial charge on any atom is -0.507 e. The number of hydrogen-bond acceptors (Lipinski definition) is 8. The van der Waals surface area contributed by atoms with Crippen LogP contribution >= 0.6 is 0 Å². The monoisotopic (exact) mass is 439 g/mol. The Bertz CT molecular complexity index is 1120. The average molecular weight is 439 g/mol. The quantitative estimate of drug-likeness (QED) is 0.445. The summed E-state index contributed by atoms with van der Waals surface area (Å²) in [6.07, 6.45) is -0.812. The van der Waals surface area contributed by atoms with E-state index < -0.39 is 42.2 Å². The Labute approximate surface area is 184 Å². The number of aliphatic hydroxyl groups excluding tert-OH is 1. The van der Waals surface area contributed by atoms with Crippen LogP contribution in [0.15, 0.2) is 24.3 Å². The second kappa shape index (κ2) is 7.67. The normalized spacial score (nSPS) is 29.3. The van der Waals surface area contributed by atoms with Gasteiger partial charge in [0.2, 0.25) is 0 Å². The van der Waals surface area contributed by atoms with Gasteiger partial charge < -0.3 is 30.5 Å². The van der Waals surface area contributed by atoms with Gasteiger partial charge in [-0.3, -0.25) is 9.59 Å². The Balaban J connectivity index is 1.58. The largest absolute Gasteiger partial charge is 0.507 e. The molecule has 5 atom stereocenters. The van der Waals surface area contributed by atoms with Gasteiger partial charge in [-0.15, -0.1) is 0 Å². The molecule has 5 rings (SSSR count). The van der Waals surface area contributed by atoms with Crippen LogP contribution in [0.1, 0.15) is 75.3 Å². The number of nitrogens with two attached hydrogens (primary N) is 1. The molecule has 2 aliphatic carbocycles. The molecule has 0 aromatic heterocycles. The van der Waals surface area contributed by atoms with Gasteiger partial charge in [0.05, 0.1) is 29.4 Å². The summed E-state index contributed by atoms with van der Waals surface area (Å²) in [5, 5.41) is 32.3. The van der Waals surface area contributed by atoms with Crippen molar-refractivity contribution in [1.82, 2.24) is 0 Å². The third kappa shape index (κ3) is 3.06. The van der Waals surface area contributed by atoms with Crippen molar-refractivity contribution in [3.05, 3.63) is 57.6 Å². The molecule has 1 aliphatic heterocycles. The molecule has 0 spiro atoms. The first-order valence-corrected chi connectivity index (χ1v) is 10.8. The third-order valence-corrected chi connectivity index (χ3v) is 6.74. The van der Waals surface area contributed by atoms with Gasteiger partial charge in [0.15, 0.2) is 17.9 Å². The summed E-state index contributed by atoms with van der Waals surface area (Å²) < 4.78 is 11.9. The molecule has 0 radical (unpaired) electrons. The standard InChI is InChI=1S/C24H25NO7/c1-10-20(26)14(25)9-16(31-10)32-15-8-4-7-13-17(15)24(30)19-18(23(13)29)21(27)11-5-2-3-6-12(11)22(19)28/h2-3,5-6,10,14-16,20,26,29-30H,4,7-9,25H2,1H3/t10-,14+,15+,16-,20-/m0/s1. The summed E-state index contributed by atoms with van der Waals surface area (Å²) in [6.45, 7) is 1.70. The van der Waals surface area contributed by atoms with E-state index in [1.54, 1.807) is 25.1 Å². The first-order valence-electron chi connectivity index (χ1n) is 10.8. The number of hydrogen-bond donors (Lipinski definition) is 4. The second-order valence-electron chi connectivity index (χ2n) is 8.72. The molecule has 5 N–H and O–H groups in total. The van der Waals surface area contributed by atoms with Crippen molar-refractivity contribution in [2.24, 2.45) is 5.73 Å². The topological polar surface area (TPSA) is 139 Å². The Morgan fingerprint density at radius 1 is 1.06 bits per heavy atom. The lowest BCUT2D eigenvalue weighted by Gasteiger charge is -2.39. The molecule has 2 aromatic carbocycles. The zero-order valence-corrected chi connectivity index (χ0v) is 17.6. The summed E-state index contributed by atoms with van der Waals surface area (Å²) in [5.74, 6) is -1.61. The van der Waals surface area contributed by atoms with Gasteiger partial charge >= 0.3 is 0 Å². The summed E-state index contributed by atoms with van der Waals surface area (Å²) in [6, 6.07) is 5.86. The van der Waals surface area contributed by atoms with Crippen molar-refractivity contribution < 1.29 is 34.4 Å². The van der Waals surface area contributed by atoms with Crippen LogP contribution in [-0.4, -0.2) is 51.4 Å². The molecule has 2 aromatic rings. The first-order chi connectivity index (χ1) is 15.3. The lowest BCUT2D eigenvalue weighted by molar-refractivity contribution is -0.242. The predicted octanol–water partition coefficient (Wildman–Crippen LogP) is 2.09. The highest BCUT2D eigenvalue weighted by molar-refractivity contribution is 6.30. The maximum atomic E-state index is 13.2. The number of aromatic hydroxyl groups is 2. The van der Waals surface area contributed by atoms with Crippen LogP contribution in [0.4, 0.5) is 0 Å². The number of phenols is 2. The molecule has 0 bridgehead atoms. The van der Waals surface area contributed by atoms with Gasteiger partial charge in [-0.25, -0.2) is 0 Å². The Kier molecular flexibility index (Phi) is 5.05. The van der Waals surface area contributed by atoms with Crippen molar-refractivity contribution in [2.45, 2.75) is 63.3 Å². The molecule has 1 heterocycles. The lowest BCUT2D eigenvalue weighted by Crippen LogP contribution is -2.51. The van der Waals surface area contributed by atoms with Gasteiger partial charge in [-0.2, -0.15) is 0 Å². The fraction of sp³-hybridized carbons (Fsp3) is 0.417. The first kappa shape index (κ1) is 21.1. The lowest BCUT2D eigenvalue weighted by atomic mass is 9.77. The number of benzene rings is 2. The Morgan fingerprint density at radius 3 is 2.31 bits per heavy atom. The average Bonchev–Trinajstić information content (AvgIpc) is 2.78. The highest BCUT2D eigenvalue weighted by Crippen LogP contribution is 2.49. The number of ether oxygens (including phenoxy) is 2. The molecule has 3 aliphatic rings. The van der Waals surface area contributed by atoms with Crippen molar-refractivity contribution in [1.29, 1.82) is 0 Å². The predicted molar refractivity (Wildman–Crippen MR) is 113 cm³/mol. The van der Waals surface area contributed by atoms with Gasteiger partial charge in [-0.1, -0.05) is 24.3 Å². The van der Waals surface area contributed by atoms with Crippen LogP contribution in [0.5, 0.6) is 11.5 Å². The molecule has 1 saturated heterocycles. The zero-order valence-electron chi connectivity index (χ0n) is 17.6. The second-order valence-corrected chi connectivity index (χ2v) is 8.72. The maximum Gasteiger partial charge on any atom is 0.198 e. The number of phenolic OH excluding ortho intramolecular Hbond substituents is 2. The number of aliphatic hydroxyl groups is 1. The van der Waals surface area contributed by atoms with Crippen LogP contribution in [0, 0.1) is 0 Å². The van der Waals surface area contributed by atoms with Crippen molar-refractivity contribution >= 4 is 11.6 Å². The zero-order chi connectivity index (χ0) is 22.7. The van der Waals surface area contributed by atoms with E-state index in [9.17, 15) is 24.9 Å². The van der Waals surface area contributed by atoms with E-state index in [2.05, 4.69) is 0 Å². The fourth-order valence-corrected chi connectivity index (χ4v) is 5.08. The minimum atomic E-state index is -0.804. The molecule has 8 heteroatoms. The molecular formula is C24H25NO7. The van der Waals surface area contributed by atoms with Crippen molar-refractivity contribution in [2.75, 3.05) is 0 Å². The van der Waals surface area contributed by atoms with E-state index in [1.165, 1.54) is 6.07 Å². The smallest absolute Gasteiger partial charge is 0.198 e. The fourth-order valence-electron chi connectivity index (χ4n) is 5.08. The van der Waals surface area contributed by atoms with Crippen LogP contribution < -0.4 is 5.73 Å². The van der Waals surface area contributed by atoms with E-state index in [4.69, 9.17) is 15.2 Å². The highest BCUT2D eigenvalue weighted by Gasteiger charge is 2.41. The summed E-state index contributed by atoms with van der Waals surface area (Å²) in [4.78, 5) is 26.3. The minimum absolute atomic E-state index is 0.154.